The molecule has 1 saturated carbocycles. The molecule has 2 aromatic heterocycles. The highest BCUT2D eigenvalue weighted by Gasteiger charge is 2.45. The van der Waals surface area contributed by atoms with Crippen molar-refractivity contribution in [3.8, 4) is 11.4 Å². The quantitative estimate of drug-likeness (QED) is 0.672. The minimum atomic E-state index is -0.644. The van der Waals surface area contributed by atoms with Crippen LogP contribution in [0.1, 0.15) is 19.8 Å². The summed E-state index contributed by atoms with van der Waals surface area (Å²) >= 11 is 3.48. The molecule has 130 valence electrons. The molecule has 3 aromatic rings. The van der Waals surface area contributed by atoms with Gasteiger partial charge in [0.2, 0.25) is 0 Å². The number of hydrogen-bond donors (Lipinski definition) is 2. The van der Waals surface area contributed by atoms with Crippen molar-refractivity contribution in [2.75, 3.05) is 17.6 Å². The molecule has 0 bridgehead atoms. The van der Waals surface area contributed by atoms with Gasteiger partial charge in [-0.3, -0.25) is 0 Å². The minimum absolute atomic E-state index is 0.314. The molecule has 25 heavy (non-hydrogen) atoms. The van der Waals surface area contributed by atoms with E-state index in [-0.39, 0.29) is 0 Å². The lowest BCUT2D eigenvalue weighted by Gasteiger charge is -2.45. The molecular formula is C19H21N3OS2. The molecule has 2 unspecified atom stereocenters. The van der Waals surface area contributed by atoms with Crippen molar-refractivity contribution < 1.29 is 5.11 Å². The average Bonchev–Trinajstić information content (AvgIpc) is 3.17. The summed E-state index contributed by atoms with van der Waals surface area (Å²) in [6.45, 7) is 2.66. The fourth-order valence-electron chi connectivity index (χ4n) is 3.21. The second-order valence-corrected chi connectivity index (χ2v) is 8.62. The van der Waals surface area contributed by atoms with Gasteiger partial charge in [-0.2, -0.15) is 23.1 Å². The third-order valence-corrected chi connectivity index (χ3v) is 6.84. The predicted octanol–water partition coefficient (Wildman–Crippen LogP) is 4.42. The Labute approximate surface area is 155 Å². The number of fused-ring (bicyclic) bond motifs is 1. The van der Waals surface area contributed by atoms with E-state index in [0.29, 0.717) is 11.8 Å². The van der Waals surface area contributed by atoms with E-state index >= 15 is 0 Å². The Balaban J connectivity index is 1.64. The summed E-state index contributed by atoms with van der Waals surface area (Å²) in [5.74, 6) is 2.56. The first-order valence-electron chi connectivity index (χ1n) is 8.57. The molecule has 2 atom stereocenters. The number of nitrogens with one attached hydrogen (secondary N) is 1. The molecule has 4 nitrogen and oxygen atoms in total. The molecule has 4 rings (SSSR count). The van der Waals surface area contributed by atoms with Crippen LogP contribution in [-0.2, 0) is 0 Å². The fraction of sp³-hybridized carbons (Fsp3) is 0.368. The Morgan fingerprint density at radius 3 is 2.92 bits per heavy atom. The van der Waals surface area contributed by atoms with Gasteiger partial charge in [0.25, 0.3) is 0 Å². The summed E-state index contributed by atoms with van der Waals surface area (Å²) in [7, 11) is 0. The van der Waals surface area contributed by atoms with E-state index in [4.69, 9.17) is 9.97 Å². The Hall–Kier alpha value is -1.63. The number of anilines is 1. The lowest BCUT2D eigenvalue weighted by molar-refractivity contribution is -0.0120. The maximum atomic E-state index is 10.9. The number of thioether (sulfide) groups is 1. The van der Waals surface area contributed by atoms with Crippen LogP contribution in [-0.4, -0.2) is 38.2 Å². The van der Waals surface area contributed by atoms with Gasteiger partial charge < -0.3 is 10.4 Å². The topological polar surface area (TPSA) is 58.0 Å². The van der Waals surface area contributed by atoms with Crippen LogP contribution in [0.25, 0.3) is 22.3 Å². The fourth-order valence-corrected chi connectivity index (χ4v) is 5.04. The van der Waals surface area contributed by atoms with Gasteiger partial charge >= 0.3 is 0 Å². The molecule has 0 spiro atoms. The SMILES string of the molecule is CCSC1CCC1(O)CNc1nc(-c2ccsc2)nc2ccccc12. The Morgan fingerprint density at radius 1 is 1.32 bits per heavy atom. The summed E-state index contributed by atoms with van der Waals surface area (Å²) in [5, 5.41) is 19.7. The first-order chi connectivity index (χ1) is 12.2. The Bertz CT molecular complexity index is 868. The summed E-state index contributed by atoms with van der Waals surface area (Å²) in [5.41, 5.74) is 1.30. The zero-order valence-electron chi connectivity index (χ0n) is 14.1. The molecule has 2 heterocycles. The largest absolute Gasteiger partial charge is 0.387 e. The molecule has 1 aliphatic rings. The smallest absolute Gasteiger partial charge is 0.162 e. The van der Waals surface area contributed by atoms with Crippen molar-refractivity contribution in [3.05, 3.63) is 41.1 Å². The van der Waals surface area contributed by atoms with Gasteiger partial charge in [-0.15, -0.1) is 0 Å². The van der Waals surface area contributed by atoms with E-state index in [1.54, 1.807) is 11.3 Å². The molecule has 6 heteroatoms. The van der Waals surface area contributed by atoms with E-state index in [2.05, 4.69) is 17.6 Å². The number of para-hydroxylation sites is 1. The summed E-state index contributed by atoms with van der Waals surface area (Å²) in [6, 6.07) is 10.1. The van der Waals surface area contributed by atoms with Crippen molar-refractivity contribution in [1.82, 2.24) is 9.97 Å². The van der Waals surface area contributed by atoms with Gasteiger partial charge in [0.05, 0.1) is 11.1 Å². The Morgan fingerprint density at radius 2 is 2.20 bits per heavy atom. The van der Waals surface area contributed by atoms with Crippen molar-refractivity contribution in [2.45, 2.75) is 30.6 Å². The zero-order valence-corrected chi connectivity index (χ0v) is 15.7. The molecule has 0 aliphatic heterocycles. The van der Waals surface area contributed by atoms with Crippen LogP contribution < -0.4 is 5.32 Å². The summed E-state index contributed by atoms with van der Waals surface area (Å²) in [4.78, 5) is 9.43. The van der Waals surface area contributed by atoms with Crippen molar-refractivity contribution in [3.63, 3.8) is 0 Å². The molecule has 1 aromatic carbocycles. The van der Waals surface area contributed by atoms with E-state index in [9.17, 15) is 5.11 Å². The maximum absolute atomic E-state index is 10.9. The molecule has 0 saturated heterocycles. The second kappa shape index (κ2) is 6.94. The van der Waals surface area contributed by atoms with Gasteiger partial charge in [-0.25, -0.2) is 9.97 Å². The molecule has 0 amide bonds. The van der Waals surface area contributed by atoms with Crippen LogP contribution in [0.4, 0.5) is 5.82 Å². The number of nitrogens with zero attached hydrogens (tertiary/aromatic N) is 2. The van der Waals surface area contributed by atoms with E-state index in [1.807, 2.05) is 47.5 Å². The molecule has 1 fully saturated rings. The highest BCUT2D eigenvalue weighted by molar-refractivity contribution is 8.00. The van der Waals surface area contributed by atoms with Crippen molar-refractivity contribution in [2.24, 2.45) is 0 Å². The maximum Gasteiger partial charge on any atom is 0.162 e. The number of thiophene rings is 1. The molecule has 1 aliphatic carbocycles. The highest BCUT2D eigenvalue weighted by atomic mass is 32.2. The molecule has 2 N–H and O–H groups in total. The normalized spacial score (nSPS) is 22.7. The van der Waals surface area contributed by atoms with Crippen LogP contribution in [0, 0.1) is 0 Å². The van der Waals surface area contributed by atoms with Gasteiger partial charge in [-0.1, -0.05) is 19.1 Å². The number of aliphatic hydroxyl groups is 1. The van der Waals surface area contributed by atoms with E-state index in [1.165, 1.54) is 0 Å². The third kappa shape index (κ3) is 3.26. The van der Waals surface area contributed by atoms with Gasteiger partial charge in [0, 0.05) is 28.1 Å². The number of aromatic nitrogens is 2. The van der Waals surface area contributed by atoms with Crippen LogP contribution in [0.5, 0.6) is 0 Å². The Kier molecular flexibility index (Phi) is 4.67. The number of hydrogen-bond acceptors (Lipinski definition) is 6. The number of rotatable bonds is 6. The van der Waals surface area contributed by atoms with Gasteiger partial charge in [-0.05, 0) is 42.2 Å². The lowest BCUT2D eigenvalue weighted by atomic mass is 9.79. The summed E-state index contributed by atoms with van der Waals surface area (Å²) < 4.78 is 0. The first-order valence-corrected chi connectivity index (χ1v) is 10.6. The molecular weight excluding hydrogens is 350 g/mol. The third-order valence-electron chi connectivity index (χ3n) is 4.75. The van der Waals surface area contributed by atoms with Crippen molar-refractivity contribution in [1.29, 1.82) is 0 Å². The summed E-state index contributed by atoms with van der Waals surface area (Å²) in [6.07, 6.45) is 1.93. The van der Waals surface area contributed by atoms with Gasteiger partial charge in [0.1, 0.15) is 5.82 Å². The van der Waals surface area contributed by atoms with Crippen molar-refractivity contribution >= 4 is 39.8 Å². The number of benzene rings is 1. The second-order valence-electron chi connectivity index (χ2n) is 6.36. The lowest BCUT2D eigenvalue weighted by Crippen LogP contribution is -2.54. The van der Waals surface area contributed by atoms with Crippen LogP contribution >= 0.6 is 23.1 Å². The monoisotopic (exact) mass is 371 g/mol. The average molecular weight is 372 g/mol. The molecule has 0 radical (unpaired) electrons. The van der Waals surface area contributed by atoms with E-state index in [0.717, 1.165) is 46.7 Å². The standard InChI is InChI=1S/C19H21N3OS2/c1-2-25-16-7-9-19(16,23)12-20-18-14-5-3-4-6-15(14)21-17(22-18)13-8-10-24-11-13/h3-6,8,10-11,16,23H,2,7,9,12H2,1H3,(H,20,21,22). The van der Waals surface area contributed by atoms with Crippen LogP contribution in [0.3, 0.4) is 0 Å². The minimum Gasteiger partial charge on any atom is -0.387 e. The first kappa shape index (κ1) is 16.8. The highest BCUT2D eigenvalue weighted by Crippen LogP contribution is 2.41. The predicted molar refractivity (Wildman–Crippen MR) is 107 cm³/mol. The van der Waals surface area contributed by atoms with Crippen LogP contribution in [0.15, 0.2) is 41.1 Å². The van der Waals surface area contributed by atoms with Crippen LogP contribution in [0.2, 0.25) is 0 Å². The van der Waals surface area contributed by atoms with Gasteiger partial charge in [0.15, 0.2) is 5.82 Å². The zero-order chi connectivity index (χ0) is 17.3. The van der Waals surface area contributed by atoms with E-state index < -0.39 is 5.60 Å².